The van der Waals surface area contributed by atoms with Crippen LogP contribution in [0.15, 0.2) is 36.5 Å². The molecule has 0 saturated heterocycles. The van der Waals surface area contributed by atoms with E-state index in [0.717, 1.165) is 0 Å². The largest absolute Gasteiger partial charge is 0.355 e. The minimum Gasteiger partial charge on any atom is -0.355 e. The van der Waals surface area contributed by atoms with Crippen molar-refractivity contribution in [2.75, 3.05) is 0 Å². The molecule has 0 bridgehead atoms. The van der Waals surface area contributed by atoms with E-state index >= 15 is 0 Å². The van der Waals surface area contributed by atoms with Crippen LogP contribution in [-0.2, 0) is 9.05 Å². The van der Waals surface area contributed by atoms with Crippen LogP contribution in [-0.4, -0.2) is 11.7 Å². The molecule has 0 radical (unpaired) electrons. The molecule has 0 saturated carbocycles. The van der Waals surface area contributed by atoms with E-state index in [4.69, 9.17) is 9.05 Å². The minimum absolute atomic E-state index is 0.101. The van der Waals surface area contributed by atoms with Gasteiger partial charge >= 0.3 is 0 Å². The summed E-state index contributed by atoms with van der Waals surface area (Å²) in [5, 5.41) is 0. The molecule has 13 heavy (non-hydrogen) atoms. The zero-order chi connectivity index (χ0) is 9.73. The first-order chi connectivity index (χ1) is 6.29. The van der Waals surface area contributed by atoms with Crippen LogP contribution in [0, 0.1) is 0 Å². The Hall–Kier alpha value is 0. The lowest BCUT2D eigenvalue weighted by atomic mass is 9.92. The van der Waals surface area contributed by atoms with Crippen molar-refractivity contribution in [2.24, 2.45) is 0 Å². The predicted molar refractivity (Wildman–Crippen MR) is 61.2 cm³/mol. The van der Waals surface area contributed by atoms with Crippen molar-refractivity contribution < 1.29 is 9.05 Å². The van der Waals surface area contributed by atoms with Gasteiger partial charge in [-0.2, -0.15) is 0 Å². The average Bonchev–Trinajstić information content (AvgIpc) is 2.19. The van der Waals surface area contributed by atoms with Crippen molar-refractivity contribution in [3.8, 4) is 0 Å². The van der Waals surface area contributed by atoms with Gasteiger partial charge in [-0.25, -0.2) is 0 Å². The lowest BCUT2D eigenvalue weighted by Crippen LogP contribution is -2.39. The molecule has 2 unspecified atom stereocenters. The molecule has 0 fully saturated rings. The molecule has 0 heterocycles. The van der Waals surface area contributed by atoms with Crippen molar-refractivity contribution in [3.05, 3.63) is 36.5 Å². The molecule has 1 aliphatic carbocycles. The molecule has 1 rings (SSSR count). The van der Waals surface area contributed by atoms with Crippen LogP contribution in [0.3, 0.4) is 0 Å². The van der Waals surface area contributed by atoms with Crippen molar-refractivity contribution in [1.29, 1.82) is 0 Å². The van der Waals surface area contributed by atoms with Crippen LogP contribution < -0.4 is 0 Å². The quantitative estimate of drug-likeness (QED) is 0.532. The summed E-state index contributed by atoms with van der Waals surface area (Å²) in [5.74, 6) is 0. The van der Waals surface area contributed by atoms with Crippen LogP contribution >= 0.6 is 18.9 Å². The summed E-state index contributed by atoms with van der Waals surface area (Å²) in [7, 11) is 4.54. The molecule has 0 aliphatic heterocycles. The van der Waals surface area contributed by atoms with Gasteiger partial charge in [-0.05, 0) is 19.1 Å². The summed E-state index contributed by atoms with van der Waals surface area (Å²) < 4.78 is 10.6. The Kier molecular flexibility index (Phi) is 4.28. The van der Waals surface area contributed by atoms with Gasteiger partial charge in [0, 0.05) is 18.9 Å². The van der Waals surface area contributed by atoms with Crippen LogP contribution in [0.1, 0.15) is 6.92 Å². The third-order valence-corrected chi connectivity index (χ3v) is 2.68. The molecule has 0 aromatic carbocycles. The second-order valence-electron chi connectivity index (χ2n) is 2.77. The third-order valence-electron chi connectivity index (χ3n) is 1.98. The van der Waals surface area contributed by atoms with Gasteiger partial charge in [0.2, 0.25) is 0 Å². The average molecular weight is 216 g/mol. The Morgan fingerprint density at radius 3 is 2.69 bits per heavy atom. The zero-order valence-electron chi connectivity index (χ0n) is 7.51. The maximum Gasteiger partial charge on any atom is 0.138 e. The Balaban J connectivity index is 2.94. The molecular weight excluding hydrogens is 202 g/mol. The smallest absolute Gasteiger partial charge is 0.138 e. The molecule has 2 nitrogen and oxygen atoms in total. The molecule has 0 amide bonds. The molecule has 0 spiro atoms. The highest BCUT2D eigenvalue weighted by Crippen LogP contribution is 2.30. The molecular formula is C9H14O2P2. The van der Waals surface area contributed by atoms with E-state index in [1.807, 2.05) is 43.4 Å². The zero-order valence-corrected chi connectivity index (χ0v) is 9.82. The fourth-order valence-corrected chi connectivity index (χ4v) is 1.92. The summed E-state index contributed by atoms with van der Waals surface area (Å²) >= 11 is 0. The van der Waals surface area contributed by atoms with E-state index in [1.165, 1.54) is 0 Å². The van der Waals surface area contributed by atoms with Gasteiger partial charge in [0.25, 0.3) is 0 Å². The normalized spacial score (nSPS) is 33.0. The van der Waals surface area contributed by atoms with E-state index in [1.54, 1.807) is 0 Å². The molecule has 72 valence electrons. The highest BCUT2D eigenvalue weighted by molar-refractivity contribution is 7.10. The van der Waals surface area contributed by atoms with Gasteiger partial charge in [-0.15, -0.1) is 0 Å². The summed E-state index contributed by atoms with van der Waals surface area (Å²) in [4.78, 5) is 0. The van der Waals surface area contributed by atoms with Gasteiger partial charge in [-0.3, -0.25) is 0 Å². The van der Waals surface area contributed by atoms with Crippen LogP contribution in [0.25, 0.3) is 0 Å². The summed E-state index contributed by atoms with van der Waals surface area (Å²) in [6.07, 6.45) is 11.6. The Morgan fingerprint density at radius 1 is 1.38 bits per heavy atom. The van der Waals surface area contributed by atoms with Gasteiger partial charge in [0.1, 0.15) is 11.7 Å². The highest BCUT2D eigenvalue weighted by atomic mass is 31.0. The summed E-state index contributed by atoms with van der Waals surface area (Å²) in [5.41, 5.74) is -0.490. The van der Waals surface area contributed by atoms with E-state index in [2.05, 4.69) is 18.9 Å². The first-order valence-corrected chi connectivity index (χ1v) is 4.96. The van der Waals surface area contributed by atoms with Crippen molar-refractivity contribution in [2.45, 2.75) is 18.6 Å². The van der Waals surface area contributed by atoms with Crippen LogP contribution in [0.5, 0.6) is 0 Å². The molecule has 0 aromatic rings. The Morgan fingerprint density at radius 2 is 2.15 bits per heavy atom. The predicted octanol–water partition coefficient (Wildman–Crippen LogP) is 2.41. The lowest BCUT2D eigenvalue weighted by molar-refractivity contribution is 0.0856. The first kappa shape index (κ1) is 11.1. The Bertz CT molecular complexity index is 248. The maximum atomic E-state index is 5.38. The molecule has 1 aliphatic rings. The van der Waals surface area contributed by atoms with Crippen molar-refractivity contribution in [3.63, 3.8) is 0 Å². The van der Waals surface area contributed by atoms with Crippen molar-refractivity contribution in [1.82, 2.24) is 0 Å². The van der Waals surface area contributed by atoms with Crippen LogP contribution in [0.2, 0.25) is 0 Å². The van der Waals surface area contributed by atoms with Crippen molar-refractivity contribution >= 4 is 18.9 Å². The summed E-state index contributed by atoms with van der Waals surface area (Å²) in [6, 6.07) is 0. The number of hydrogen-bond acceptors (Lipinski definition) is 2. The number of rotatable bonds is 3. The molecule has 4 heteroatoms. The molecule has 4 atom stereocenters. The van der Waals surface area contributed by atoms with E-state index in [0.29, 0.717) is 0 Å². The minimum atomic E-state index is -0.490. The fraction of sp³-hybridized carbons (Fsp3) is 0.333. The molecule has 0 aromatic heterocycles. The second-order valence-corrected chi connectivity index (χ2v) is 3.28. The van der Waals surface area contributed by atoms with E-state index in [-0.39, 0.29) is 6.10 Å². The van der Waals surface area contributed by atoms with E-state index < -0.39 is 5.60 Å². The standard InChI is InChI=1S/C9H14O2P2/c1-2-6-9(11-13)7-4-3-5-8(9)10-12/h2-8H,12-13H2,1H3/b6-2-/t8-,9+/m1/s1. The topological polar surface area (TPSA) is 18.5 Å². The number of hydrogen-bond donors (Lipinski definition) is 0. The first-order valence-electron chi connectivity index (χ1n) is 4.02. The highest BCUT2D eigenvalue weighted by Gasteiger charge is 2.34. The number of allylic oxidation sites excluding steroid dienone is 3. The SMILES string of the molecule is C/C=C\[C@]1(OP)C=CC=C[C@H]1OP. The van der Waals surface area contributed by atoms with Gasteiger partial charge < -0.3 is 9.05 Å². The third kappa shape index (κ3) is 2.27. The maximum absolute atomic E-state index is 5.38. The Labute approximate surface area is 83.6 Å². The second kappa shape index (κ2) is 5.02. The summed E-state index contributed by atoms with van der Waals surface area (Å²) in [6.45, 7) is 1.96. The lowest BCUT2D eigenvalue weighted by Gasteiger charge is -2.33. The van der Waals surface area contributed by atoms with Gasteiger partial charge in [0.15, 0.2) is 0 Å². The van der Waals surface area contributed by atoms with E-state index in [9.17, 15) is 0 Å². The van der Waals surface area contributed by atoms with Gasteiger partial charge in [-0.1, -0.05) is 24.3 Å². The molecule has 0 N–H and O–H groups in total. The van der Waals surface area contributed by atoms with Gasteiger partial charge in [0.05, 0.1) is 0 Å². The van der Waals surface area contributed by atoms with Crippen LogP contribution in [0.4, 0.5) is 0 Å². The fourth-order valence-electron chi connectivity index (χ4n) is 1.32. The monoisotopic (exact) mass is 216 g/mol.